The monoisotopic (exact) mass is 351 g/mol. The molecule has 2 aromatic rings. The van der Waals surface area contributed by atoms with Gasteiger partial charge in [0.05, 0.1) is 27.1 Å². The molecular formula is C21H28O4. The predicted octanol–water partition coefficient (Wildman–Crippen LogP) is 4.16. The van der Waals surface area contributed by atoms with Crippen molar-refractivity contribution in [2.24, 2.45) is 0 Å². The Balaban J connectivity index is 2.00. The largest absolute Gasteiger partial charge is 0.493 e. The fourth-order valence-electron chi connectivity index (χ4n) is 2.33. The van der Waals surface area contributed by atoms with Crippen LogP contribution in [0.4, 0.5) is 0 Å². The first kappa shape index (κ1) is 11.4. The summed E-state index contributed by atoms with van der Waals surface area (Å²) in [6.45, 7) is -0.816. The van der Waals surface area contributed by atoms with Crippen molar-refractivity contribution in [3.63, 3.8) is 0 Å². The molecule has 4 nitrogen and oxygen atoms in total. The van der Waals surface area contributed by atoms with Gasteiger partial charge in [-0.1, -0.05) is 24.6 Å². The lowest BCUT2D eigenvalue weighted by molar-refractivity contribution is 0.0976. The average molecular weight is 351 g/mol. The lowest BCUT2D eigenvalue weighted by Crippen LogP contribution is -2.17. The van der Waals surface area contributed by atoms with Crippen molar-refractivity contribution in [3.05, 3.63) is 53.6 Å². The molecule has 0 heterocycles. The van der Waals surface area contributed by atoms with Crippen LogP contribution in [0.1, 0.15) is 39.9 Å². The van der Waals surface area contributed by atoms with Crippen LogP contribution in [0.15, 0.2) is 42.5 Å². The summed E-state index contributed by atoms with van der Waals surface area (Å²) in [5.74, 6) is 0.518. The van der Waals surface area contributed by atoms with Crippen molar-refractivity contribution in [1.82, 2.24) is 0 Å². The molecule has 0 amide bonds. The van der Waals surface area contributed by atoms with Gasteiger partial charge < -0.3 is 19.3 Å². The van der Waals surface area contributed by atoms with Crippen LogP contribution in [0, 0.1) is 6.92 Å². The van der Waals surface area contributed by atoms with Crippen LogP contribution >= 0.6 is 0 Å². The van der Waals surface area contributed by atoms with E-state index in [0.29, 0.717) is 12.8 Å². The quantitative estimate of drug-likeness (QED) is 0.698. The fourth-order valence-corrected chi connectivity index (χ4v) is 2.33. The minimum atomic E-state index is -2.63. The maximum Gasteiger partial charge on any atom is 0.160 e. The van der Waals surface area contributed by atoms with Gasteiger partial charge in [-0.25, -0.2) is 0 Å². The van der Waals surface area contributed by atoms with Gasteiger partial charge in [-0.05, 0) is 61.5 Å². The highest BCUT2D eigenvalue weighted by Crippen LogP contribution is 2.28. The Labute approximate surface area is 160 Å². The Morgan fingerprint density at radius 3 is 2.76 bits per heavy atom. The number of ether oxygens (including phenoxy) is 3. The normalized spacial score (nSPS) is 17.6. The highest BCUT2D eigenvalue weighted by Gasteiger charge is 2.07. The lowest BCUT2D eigenvalue weighted by Gasteiger charge is -2.13. The fraction of sp³-hybridized carbons (Fsp3) is 0.429. The van der Waals surface area contributed by atoms with Gasteiger partial charge in [-0.2, -0.15) is 0 Å². The van der Waals surface area contributed by atoms with E-state index < -0.39 is 26.1 Å². The molecule has 1 unspecified atom stereocenters. The molecule has 136 valence electrons. The van der Waals surface area contributed by atoms with E-state index >= 15 is 0 Å². The molecular weight excluding hydrogens is 316 g/mol. The number of hydrogen-bond acceptors (Lipinski definition) is 4. The van der Waals surface area contributed by atoms with Crippen molar-refractivity contribution < 1.29 is 28.9 Å². The second-order valence-electron chi connectivity index (χ2n) is 5.58. The van der Waals surface area contributed by atoms with E-state index in [0.717, 1.165) is 11.1 Å². The Morgan fingerprint density at radius 1 is 1.12 bits per heavy atom. The third-order valence-electron chi connectivity index (χ3n) is 3.60. The Morgan fingerprint density at radius 2 is 2.00 bits per heavy atom. The molecule has 0 spiro atoms. The van der Waals surface area contributed by atoms with Crippen LogP contribution in [0.2, 0.25) is 0 Å². The molecule has 0 bridgehead atoms. The van der Waals surface area contributed by atoms with Crippen LogP contribution in [0.5, 0.6) is 17.2 Å². The minimum Gasteiger partial charge on any atom is -0.493 e. The first-order valence-electron chi connectivity index (χ1n) is 11.5. The van der Waals surface area contributed by atoms with Crippen LogP contribution in [0.25, 0.3) is 0 Å². The summed E-state index contributed by atoms with van der Waals surface area (Å²) in [6.07, 6.45) is -3.69. The third-order valence-corrected chi connectivity index (χ3v) is 3.60. The zero-order chi connectivity index (χ0) is 24.2. The number of methoxy groups -OCH3 is 2. The second kappa shape index (κ2) is 9.94. The summed E-state index contributed by atoms with van der Waals surface area (Å²) in [4.78, 5) is 0. The molecule has 2 aromatic carbocycles. The van der Waals surface area contributed by atoms with Gasteiger partial charge in [0.2, 0.25) is 0 Å². The maximum absolute atomic E-state index is 10.4. The molecule has 25 heavy (non-hydrogen) atoms. The van der Waals surface area contributed by atoms with E-state index in [-0.39, 0.29) is 23.7 Å². The standard InChI is InChI=1S/C21H28O4/c1-16-7-6-10-19(13-16)25-15-18(22)9-5-4-8-17-11-12-20(23-2)21(14-17)24-3/h6-7,10-14,18,22H,4-5,8-9,15H2,1-3H3/i2D3,9D2,15D2. The number of rotatable bonds is 10. The van der Waals surface area contributed by atoms with Gasteiger partial charge in [-0.15, -0.1) is 0 Å². The molecule has 1 N–H and O–H groups in total. The van der Waals surface area contributed by atoms with Crippen molar-refractivity contribution >= 4 is 0 Å². The molecule has 0 aromatic heterocycles. The summed E-state index contributed by atoms with van der Waals surface area (Å²) in [7, 11) is -1.22. The van der Waals surface area contributed by atoms with Crippen LogP contribution in [-0.4, -0.2) is 31.9 Å². The number of hydrogen-bond donors (Lipinski definition) is 1. The van der Waals surface area contributed by atoms with E-state index in [1.54, 1.807) is 30.3 Å². The Bertz CT molecular complexity index is 900. The van der Waals surface area contributed by atoms with Crippen molar-refractivity contribution in [2.45, 2.75) is 38.7 Å². The van der Waals surface area contributed by atoms with Gasteiger partial charge in [0.1, 0.15) is 12.3 Å². The molecule has 0 fully saturated rings. The molecule has 1 atom stereocenters. The van der Waals surface area contributed by atoms with E-state index in [9.17, 15) is 5.11 Å². The first-order chi connectivity index (χ1) is 14.7. The van der Waals surface area contributed by atoms with Gasteiger partial charge in [0.25, 0.3) is 0 Å². The minimum absolute atomic E-state index is 0.0727. The first-order valence-corrected chi connectivity index (χ1v) is 8.03. The van der Waals surface area contributed by atoms with Gasteiger partial charge in [0.15, 0.2) is 11.5 Å². The zero-order valence-electron chi connectivity index (χ0n) is 21.4. The lowest BCUT2D eigenvalue weighted by atomic mass is 10.0. The molecule has 4 heteroatoms. The number of benzene rings is 2. The van der Waals surface area contributed by atoms with Gasteiger partial charge in [0, 0.05) is 2.74 Å². The third kappa shape index (κ3) is 6.31. The number of aliphatic hydroxyl groups excluding tert-OH is 1. The number of aryl methyl sites for hydroxylation is 2. The summed E-state index contributed by atoms with van der Waals surface area (Å²) in [6, 6.07) is 11.4. The predicted molar refractivity (Wildman–Crippen MR) is 99.8 cm³/mol. The highest BCUT2D eigenvalue weighted by atomic mass is 16.5. The van der Waals surface area contributed by atoms with Crippen LogP contribution < -0.4 is 14.2 Å². The summed E-state index contributed by atoms with van der Waals surface area (Å²) in [5, 5.41) is 10.4. The van der Waals surface area contributed by atoms with E-state index in [1.807, 2.05) is 13.0 Å². The molecule has 0 saturated carbocycles. The number of aliphatic hydroxyl groups is 1. The summed E-state index contributed by atoms with van der Waals surface area (Å²) >= 11 is 0. The highest BCUT2D eigenvalue weighted by molar-refractivity contribution is 5.42. The SMILES string of the molecule is [2H]C([2H])([2H])Oc1ccc(CCCC([2H])([2H])C(O)C([2H])([2H])Oc2cccc(C)c2)cc1OC. The Hall–Kier alpha value is -2.20. The molecule has 0 aliphatic carbocycles. The van der Waals surface area contributed by atoms with Crippen LogP contribution in [0.3, 0.4) is 0 Å². The molecule has 0 aliphatic rings. The molecule has 0 aliphatic heterocycles. The summed E-state index contributed by atoms with van der Waals surface area (Å²) < 4.78 is 69.3. The van der Waals surface area contributed by atoms with Crippen molar-refractivity contribution in [2.75, 3.05) is 20.7 Å². The average Bonchev–Trinajstić information content (AvgIpc) is 2.66. The molecule has 0 radical (unpaired) electrons. The van der Waals surface area contributed by atoms with Gasteiger partial charge in [-0.3, -0.25) is 0 Å². The molecule has 2 rings (SSSR count). The van der Waals surface area contributed by atoms with Crippen molar-refractivity contribution in [1.29, 1.82) is 0 Å². The molecule has 0 saturated heterocycles. The summed E-state index contributed by atoms with van der Waals surface area (Å²) in [5.41, 5.74) is 1.60. The van der Waals surface area contributed by atoms with E-state index in [2.05, 4.69) is 0 Å². The van der Waals surface area contributed by atoms with E-state index in [4.69, 9.17) is 23.8 Å². The zero-order valence-corrected chi connectivity index (χ0v) is 14.4. The maximum atomic E-state index is 10.4. The van der Waals surface area contributed by atoms with Crippen LogP contribution in [-0.2, 0) is 6.42 Å². The topological polar surface area (TPSA) is 47.9 Å². The van der Waals surface area contributed by atoms with Gasteiger partial charge >= 0.3 is 0 Å². The van der Waals surface area contributed by atoms with E-state index in [1.165, 1.54) is 13.2 Å². The smallest absolute Gasteiger partial charge is 0.160 e. The second-order valence-corrected chi connectivity index (χ2v) is 5.58. The van der Waals surface area contributed by atoms with Crippen molar-refractivity contribution in [3.8, 4) is 17.2 Å². The Kier molecular flexibility index (Phi) is 4.54.